The number of nitro benzene ring substituents is 1. The number of benzene rings is 2. The summed E-state index contributed by atoms with van der Waals surface area (Å²) in [6, 6.07) is 9.43. The van der Waals surface area contributed by atoms with Crippen molar-refractivity contribution in [3.8, 4) is 17.1 Å². The molecule has 0 bridgehead atoms. The summed E-state index contributed by atoms with van der Waals surface area (Å²) in [5, 5.41) is 19.2. The fraction of sp³-hybridized carbons (Fsp3) is 0.200. The van der Waals surface area contributed by atoms with E-state index in [4.69, 9.17) is 9.26 Å². The van der Waals surface area contributed by atoms with Crippen LogP contribution in [0.3, 0.4) is 0 Å². The zero-order chi connectivity index (χ0) is 24.7. The van der Waals surface area contributed by atoms with Crippen LogP contribution >= 0.6 is 0 Å². The summed E-state index contributed by atoms with van der Waals surface area (Å²) in [5.74, 6) is -1.73. The van der Waals surface area contributed by atoms with Crippen LogP contribution in [0.5, 0.6) is 5.75 Å². The SMILES string of the molecule is O=C(COc1cccc(C(F)(F)F)c1)NCCNC(=O)c1nc(-c2ccc([N+](=O)[O-])cc2)no1. The molecular weight excluding hydrogens is 463 g/mol. The number of nitro groups is 1. The van der Waals surface area contributed by atoms with Crippen molar-refractivity contribution < 1.29 is 36.9 Å². The predicted molar refractivity (Wildman–Crippen MR) is 109 cm³/mol. The maximum absolute atomic E-state index is 12.7. The van der Waals surface area contributed by atoms with Gasteiger partial charge in [0.1, 0.15) is 5.75 Å². The van der Waals surface area contributed by atoms with Crippen molar-refractivity contribution in [2.24, 2.45) is 0 Å². The number of hydrogen-bond acceptors (Lipinski definition) is 8. The predicted octanol–water partition coefficient (Wildman–Crippen LogP) is 2.59. The molecule has 14 heteroatoms. The molecule has 0 saturated heterocycles. The van der Waals surface area contributed by atoms with Gasteiger partial charge >= 0.3 is 18.0 Å². The topological polar surface area (TPSA) is 149 Å². The van der Waals surface area contributed by atoms with Gasteiger partial charge in [-0.3, -0.25) is 19.7 Å². The molecule has 0 unspecified atom stereocenters. The largest absolute Gasteiger partial charge is 0.484 e. The molecule has 1 heterocycles. The lowest BCUT2D eigenvalue weighted by atomic mass is 10.2. The molecule has 0 spiro atoms. The second kappa shape index (κ2) is 10.4. The average molecular weight is 479 g/mol. The molecule has 2 aromatic carbocycles. The maximum Gasteiger partial charge on any atom is 0.416 e. The quantitative estimate of drug-likeness (QED) is 0.270. The Morgan fingerprint density at radius 2 is 1.79 bits per heavy atom. The molecule has 34 heavy (non-hydrogen) atoms. The van der Waals surface area contributed by atoms with Crippen LogP contribution in [0.25, 0.3) is 11.4 Å². The van der Waals surface area contributed by atoms with Gasteiger partial charge in [-0.2, -0.15) is 18.2 Å². The van der Waals surface area contributed by atoms with Crippen molar-refractivity contribution >= 4 is 17.5 Å². The maximum atomic E-state index is 12.7. The first-order valence-corrected chi connectivity index (χ1v) is 9.57. The number of aromatic nitrogens is 2. The Labute approximate surface area is 189 Å². The second-order valence-corrected chi connectivity index (χ2v) is 6.65. The molecule has 0 saturated carbocycles. The number of alkyl halides is 3. The minimum absolute atomic E-state index is 0.000128. The van der Waals surface area contributed by atoms with E-state index in [0.29, 0.717) is 5.56 Å². The lowest BCUT2D eigenvalue weighted by Gasteiger charge is -2.10. The Hall–Kier alpha value is -4.49. The standard InChI is InChI=1S/C20H16F3N5O6/c21-20(22,23)13-2-1-3-15(10-13)33-11-16(29)24-8-9-25-18(30)19-26-17(27-34-19)12-4-6-14(7-5-12)28(31)32/h1-7,10H,8-9,11H2,(H,24,29)(H,25,30). The minimum atomic E-state index is -4.53. The fourth-order valence-corrected chi connectivity index (χ4v) is 2.58. The molecule has 0 aliphatic carbocycles. The zero-order valence-corrected chi connectivity index (χ0v) is 17.2. The summed E-state index contributed by atoms with van der Waals surface area (Å²) in [5.41, 5.74) is -0.611. The highest BCUT2D eigenvalue weighted by Gasteiger charge is 2.30. The molecule has 3 rings (SSSR count). The summed E-state index contributed by atoms with van der Waals surface area (Å²) in [7, 11) is 0. The number of ether oxygens (including phenoxy) is 1. The molecule has 3 aromatic rings. The van der Waals surface area contributed by atoms with Gasteiger partial charge in [-0.1, -0.05) is 11.2 Å². The van der Waals surface area contributed by atoms with E-state index in [9.17, 15) is 32.9 Å². The van der Waals surface area contributed by atoms with Gasteiger partial charge < -0.3 is 19.9 Å². The molecule has 0 aliphatic heterocycles. The minimum Gasteiger partial charge on any atom is -0.484 e. The zero-order valence-electron chi connectivity index (χ0n) is 17.2. The summed E-state index contributed by atoms with van der Waals surface area (Å²) in [6.07, 6.45) is -4.53. The van der Waals surface area contributed by atoms with Crippen molar-refractivity contribution in [2.75, 3.05) is 19.7 Å². The first-order chi connectivity index (χ1) is 16.1. The highest BCUT2D eigenvalue weighted by molar-refractivity contribution is 5.89. The Kier molecular flexibility index (Phi) is 7.40. The lowest BCUT2D eigenvalue weighted by molar-refractivity contribution is -0.384. The summed E-state index contributed by atoms with van der Waals surface area (Å²) >= 11 is 0. The van der Waals surface area contributed by atoms with E-state index >= 15 is 0 Å². The summed E-state index contributed by atoms with van der Waals surface area (Å²) in [6.45, 7) is -0.527. The number of non-ortho nitro benzene ring substituents is 1. The Bertz CT molecular complexity index is 1180. The van der Waals surface area contributed by atoms with Gasteiger partial charge in [-0.15, -0.1) is 0 Å². The van der Waals surface area contributed by atoms with Crippen molar-refractivity contribution in [3.05, 3.63) is 70.1 Å². The van der Waals surface area contributed by atoms with Gasteiger partial charge in [0.15, 0.2) is 6.61 Å². The third-order valence-corrected chi connectivity index (χ3v) is 4.22. The number of carbonyl (C=O) groups excluding carboxylic acids is 2. The van der Waals surface area contributed by atoms with Crippen LogP contribution in [0.1, 0.15) is 16.2 Å². The van der Waals surface area contributed by atoms with Gasteiger partial charge in [-0.05, 0) is 30.3 Å². The third-order valence-electron chi connectivity index (χ3n) is 4.22. The van der Waals surface area contributed by atoms with E-state index in [2.05, 4.69) is 20.8 Å². The Morgan fingerprint density at radius 1 is 1.09 bits per heavy atom. The number of hydrogen-bond donors (Lipinski definition) is 2. The van der Waals surface area contributed by atoms with E-state index in [0.717, 1.165) is 18.2 Å². The second-order valence-electron chi connectivity index (χ2n) is 6.65. The fourth-order valence-electron chi connectivity index (χ4n) is 2.58. The Balaban J connectivity index is 1.41. The molecular formula is C20H16F3N5O6. The van der Waals surface area contributed by atoms with Crippen LogP contribution in [0.15, 0.2) is 53.1 Å². The van der Waals surface area contributed by atoms with Crippen molar-refractivity contribution in [2.45, 2.75) is 6.18 Å². The molecule has 2 N–H and O–H groups in total. The third kappa shape index (κ3) is 6.51. The van der Waals surface area contributed by atoms with Gasteiger partial charge in [-0.25, -0.2) is 0 Å². The summed E-state index contributed by atoms with van der Waals surface area (Å²) in [4.78, 5) is 37.9. The number of nitrogens with zero attached hydrogens (tertiary/aromatic N) is 3. The van der Waals surface area contributed by atoms with Gasteiger partial charge in [0, 0.05) is 30.8 Å². The average Bonchev–Trinajstić information content (AvgIpc) is 3.30. The van der Waals surface area contributed by atoms with Crippen LogP contribution in [0, 0.1) is 10.1 Å². The molecule has 178 valence electrons. The highest BCUT2D eigenvalue weighted by atomic mass is 19.4. The van der Waals surface area contributed by atoms with E-state index in [1.165, 1.54) is 30.3 Å². The normalized spacial score (nSPS) is 11.0. The van der Waals surface area contributed by atoms with Crippen molar-refractivity contribution in [1.29, 1.82) is 0 Å². The van der Waals surface area contributed by atoms with Crippen molar-refractivity contribution in [3.63, 3.8) is 0 Å². The molecule has 0 radical (unpaired) electrons. The smallest absolute Gasteiger partial charge is 0.416 e. The van der Waals surface area contributed by atoms with Crippen LogP contribution in [-0.2, 0) is 11.0 Å². The number of rotatable bonds is 9. The molecule has 0 fully saturated rings. The van der Waals surface area contributed by atoms with E-state index in [1.807, 2.05) is 0 Å². The van der Waals surface area contributed by atoms with Gasteiger partial charge in [0.2, 0.25) is 5.82 Å². The van der Waals surface area contributed by atoms with Gasteiger partial charge in [0.25, 0.3) is 11.6 Å². The number of nitrogens with one attached hydrogen (secondary N) is 2. The lowest BCUT2D eigenvalue weighted by Crippen LogP contribution is -2.36. The first-order valence-electron chi connectivity index (χ1n) is 9.57. The number of amides is 2. The van der Waals surface area contributed by atoms with E-state index in [1.54, 1.807) is 0 Å². The highest BCUT2D eigenvalue weighted by Crippen LogP contribution is 2.31. The Morgan fingerprint density at radius 3 is 2.47 bits per heavy atom. The van der Waals surface area contributed by atoms with Crippen LogP contribution < -0.4 is 15.4 Å². The number of halogens is 3. The molecule has 1 aromatic heterocycles. The summed E-state index contributed by atoms with van der Waals surface area (Å²) < 4.78 is 48.0. The monoisotopic (exact) mass is 479 g/mol. The van der Waals surface area contributed by atoms with E-state index in [-0.39, 0.29) is 36.2 Å². The molecule has 0 aliphatic rings. The van der Waals surface area contributed by atoms with Crippen LogP contribution in [-0.4, -0.2) is 46.6 Å². The van der Waals surface area contributed by atoms with Crippen LogP contribution in [0.4, 0.5) is 18.9 Å². The van der Waals surface area contributed by atoms with Crippen LogP contribution in [0.2, 0.25) is 0 Å². The molecule has 2 amide bonds. The molecule has 0 atom stereocenters. The van der Waals surface area contributed by atoms with E-state index < -0.39 is 35.1 Å². The van der Waals surface area contributed by atoms with Gasteiger partial charge in [0.05, 0.1) is 10.5 Å². The first kappa shape index (κ1) is 24.2. The molecule has 11 nitrogen and oxygen atoms in total. The van der Waals surface area contributed by atoms with Crippen molar-refractivity contribution in [1.82, 2.24) is 20.8 Å². The number of carbonyl (C=O) groups is 2.